The van der Waals surface area contributed by atoms with E-state index in [0.717, 1.165) is 11.1 Å². The van der Waals surface area contributed by atoms with Crippen LogP contribution < -0.4 is 10.9 Å². The fraction of sp³-hybridized carbons (Fsp3) is 0.238. The van der Waals surface area contributed by atoms with Crippen LogP contribution in [-0.4, -0.2) is 32.1 Å². The zero-order valence-electron chi connectivity index (χ0n) is 16.4. The van der Waals surface area contributed by atoms with Crippen molar-refractivity contribution in [2.24, 2.45) is 7.05 Å². The zero-order valence-corrected chi connectivity index (χ0v) is 16.4. The summed E-state index contributed by atoms with van der Waals surface area (Å²) < 4.78 is 21.2. The second kappa shape index (κ2) is 7.03. The van der Waals surface area contributed by atoms with Crippen LogP contribution in [0.1, 0.15) is 34.6 Å². The molecule has 3 heterocycles. The van der Waals surface area contributed by atoms with Crippen LogP contribution in [0.3, 0.4) is 0 Å². The molecule has 152 valence electrons. The number of halogens is 1. The van der Waals surface area contributed by atoms with E-state index in [2.05, 4.69) is 25.6 Å². The first-order valence-corrected chi connectivity index (χ1v) is 9.47. The third-order valence-corrected chi connectivity index (χ3v) is 5.50. The van der Waals surface area contributed by atoms with Gasteiger partial charge in [-0.05, 0) is 23.3 Å². The first-order valence-electron chi connectivity index (χ1n) is 9.47. The summed E-state index contributed by atoms with van der Waals surface area (Å²) in [6, 6.07) is 10.3. The SMILES string of the molecule is COCc1ccc([C@H]2Nc3cc(F)cc4c(=O)[nH]nc(c34)[C@@H]2c2ncnn2C)cc1. The van der Waals surface area contributed by atoms with Crippen LogP contribution in [-0.2, 0) is 18.4 Å². The fourth-order valence-corrected chi connectivity index (χ4v) is 4.16. The molecule has 1 aliphatic heterocycles. The Balaban J connectivity index is 1.74. The number of aromatic nitrogens is 5. The smallest absolute Gasteiger partial charge is 0.272 e. The molecule has 2 aromatic carbocycles. The summed E-state index contributed by atoms with van der Waals surface area (Å²) in [4.78, 5) is 16.8. The number of methoxy groups -OCH3 is 1. The van der Waals surface area contributed by atoms with Gasteiger partial charge in [0.25, 0.3) is 5.56 Å². The predicted molar refractivity (Wildman–Crippen MR) is 109 cm³/mol. The molecule has 0 saturated heterocycles. The number of anilines is 1. The van der Waals surface area contributed by atoms with Crippen molar-refractivity contribution in [3.63, 3.8) is 0 Å². The molecule has 2 aromatic heterocycles. The lowest BCUT2D eigenvalue weighted by atomic mass is 9.83. The summed E-state index contributed by atoms with van der Waals surface area (Å²) >= 11 is 0. The molecule has 0 aliphatic carbocycles. The van der Waals surface area contributed by atoms with Gasteiger partial charge in [-0.1, -0.05) is 24.3 Å². The summed E-state index contributed by atoms with van der Waals surface area (Å²) in [6.07, 6.45) is 1.48. The van der Waals surface area contributed by atoms with E-state index in [9.17, 15) is 9.18 Å². The Kier molecular flexibility index (Phi) is 4.32. The number of aromatic amines is 1. The Bertz CT molecular complexity index is 1300. The molecule has 0 bridgehead atoms. The Morgan fingerprint density at radius 1 is 1.23 bits per heavy atom. The third-order valence-electron chi connectivity index (χ3n) is 5.50. The van der Waals surface area contributed by atoms with Gasteiger partial charge in [0.1, 0.15) is 18.0 Å². The van der Waals surface area contributed by atoms with Crippen molar-refractivity contribution < 1.29 is 9.13 Å². The normalized spacial score (nSPS) is 17.8. The van der Waals surface area contributed by atoms with Crippen molar-refractivity contribution in [2.75, 3.05) is 12.4 Å². The molecule has 8 nitrogen and oxygen atoms in total. The van der Waals surface area contributed by atoms with E-state index in [0.29, 0.717) is 29.2 Å². The first kappa shape index (κ1) is 18.4. The number of ether oxygens (including phenoxy) is 1. The minimum absolute atomic E-state index is 0.253. The van der Waals surface area contributed by atoms with E-state index < -0.39 is 11.4 Å². The molecular weight excluding hydrogens is 387 g/mol. The molecule has 0 unspecified atom stereocenters. The Morgan fingerprint density at radius 3 is 2.73 bits per heavy atom. The largest absolute Gasteiger partial charge is 0.380 e. The molecule has 0 amide bonds. The highest BCUT2D eigenvalue weighted by Crippen LogP contribution is 2.45. The first-order chi connectivity index (χ1) is 14.6. The number of aryl methyl sites for hydroxylation is 1. The van der Waals surface area contributed by atoms with Gasteiger partial charge < -0.3 is 10.1 Å². The average Bonchev–Trinajstić information content (AvgIpc) is 3.16. The van der Waals surface area contributed by atoms with Crippen molar-refractivity contribution in [3.05, 3.63) is 81.5 Å². The number of hydrogen-bond donors (Lipinski definition) is 2. The molecule has 30 heavy (non-hydrogen) atoms. The van der Waals surface area contributed by atoms with E-state index in [1.165, 1.54) is 18.5 Å². The van der Waals surface area contributed by atoms with Gasteiger partial charge in [-0.15, -0.1) is 0 Å². The zero-order chi connectivity index (χ0) is 20.8. The van der Waals surface area contributed by atoms with Crippen LogP contribution in [0.2, 0.25) is 0 Å². The second-order valence-electron chi connectivity index (χ2n) is 7.33. The van der Waals surface area contributed by atoms with Crippen LogP contribution in [0.25, 0.3) is 10.8 Å². The van der Waals surface area contributed by atoms with Crippen molar-refractivity contribution in [1.29, 1.82) is 0 Å². The lowest BCUT2D eigenvalue weighted by molar-refractivity contribution is 0.185. The van der Waals surface area contributed by atoms with E-state index in [-0.39, 0.29) is 17.3 Å². The topological polar surface area (TPSA) is 97.7 Å². The van der Waals surface area contributed by atoms with Gasteiger partial charge in [0, 0.05) is 25.2 Å². The van der Waals surface area contributed by atoms with Gasteiger partial charge in [0.05, 0.1) is 29.6 Å². The summed E-state index contributed by atoms with van der Waals surface area (Å²) in [5.41, 5.74) is 2.74. The van der Waals surface area contributed by atoms with Crippen molar-refractivity contribution in [1.82, 2.24) is 25.0 Å². The van der Waals surface area contributed by atoms with Crippen LogP contribution in [0.4, 0.5) is 10.1 Å². The number of nitrogens with zero attached hydrogens (tertiary/aromatic N) is 4. The van der Waals surface area contributed by atoms with Gasteiger partial charge in [0.15, 0.2) is 0 Å². The molecule has 4 aromatic rings. The summed E-state index contributed by atoms with van der Waals surface area (Å²) in [5, 5.41) is 15.4. The molecule has 0 fully saturated rings. The molecule has 0 saturated carbocycles. The minimum atomic E-state index is -0.487. The molecule has 0 spiro atoms. The Labute approximate surface area is 170 Å². The lowest BCUT2D eigenvalue weighted by Crippen LogP contribution is -2.30. The van der Waals surface area contributed by atoms with Crippen molar-refractivity contribution in [3.8, 4) is 0 Å². The van der Waals surface area contributed by atoms with E-state index in [1.54, 1.807) is 11.8 Å². The number of benzene rings is 2. The second-order valence-corrected chi connectivity index (χ2v) is 7.33. The maximum absolute atomic E-state index is 14.3. The van der Waals surface area contributed by atoms with Gasteiger partial charge in [-0.2, -0.15) is 10.2 Å². The monoisotopic (exact) mass is 406 g/mol. The molecule has 9 heteroatoms. The fourth-order valence-electron chi connectivity index (χ4n) is 4.16. The van der Waals surface area contributed by atoms with E-state index in [1.807, 2.05) is 31.3 Å². The van der Waals surface area contributed by atoms with Crippen molar-refractivity contribution >= 4 is 16.5 Å². The molecule has 2 N–H and O–H groups in total. The Hall–Kier alpha value is -3.59. The Morgan fingerprint density at radius 2 is 2.03 bits per heavy atom. The van der Waals surface area contributed by atoms with Crippen LogP contribution >= 0.6 is 0 Å². The standard InChI is InChI=1S/C21H19FN6O2/c1-28-20(23-10-24-28)17-18(12-5-3-11(4-6-12)9-30-2)25-15-8-13(22)7-14-16(15)19(17)26-27-21(14)29/h3-8,10,17-18,25H,9H2,1-2H3,(H,27,29)/t17-,18-/m1/s1. The number of rotatable bonds is 4. The van der Waals surface area contributed by atoms with Crippen LogP contribution in [0, 0.1) is 5.82 Å². The van der Waals surface area contributed by atoms with Gasteiger partial charge >= 0.3 is 0 Å². The number of nitrogens with one attached hydrogen (secondary N) is 2. The molecule has 5 rings (SSSR count). The van der Waals surface area contributed by atoms with Crippen LogP contribution in [0.5, 0.6) is 0 Å². The number of hydrogen-bond acceptors (Lipinski definition) is 6. The predicted octanol–water partition coefficient (Wildman–Crippen LogP) is 2.64. The number of H-pyrrole nitrogens is 1. The van der Waals surface area contributed by atoms with E-state index >= 15 is 0 Å². The molecule has 1 aliphatic rings. The maximum atomic E-state index is 14.3. The average molecular weight is 406 g/mol. The quantitative estimate of drug-likeness (QED) is 0.541. The molecule has 2 atom stereocenters. The minimum Gasteiger partial charge on any atom is -0.380 e. The summed E-state index contributed by atoms with van der Waals surface area (Å²) in [5.74, 6) is -0.147. The molecule has 0 radical (unpaired) electrons. The van der Waals surface area contributed by atoms with E-state index in [4.69, 9.17) is 4.74 Å². The highest BCUT2D eigenvalue weighted by Gasteiger charge is 2.37. The van der Waals surface area contributed by atoms with Gasteiger partial charge in [-0.25, -0.2) is 14.5 Å². The highest BCUT2D eigenvalue weighted by molar-refractivity contribution is 5.97. The lowest BCUT2D eigenvalue weighted by Gasteiger charge is -2.33. The van der Waals surface area contributed by atoms with Crippen molar-refractivity contribution in [2.45, 2.75) is 18.6 Å². The highest BCUT2D eigenvalue weighted by atomic mass is 19.1. The van der Waals surface area contributed by atoms with Gasteiger partial charge in [0.2, 0.25) is 0 Å². The van der Waals surface area contributed by atoms with Gasteiger partial charge in [-0.3, -0.25) is 9.48 Å². The summed E-state index contributed by atoms with van der Waals surface area (Å²) in [6.45, 7) is 0.515. The third kappa shape index (κ3) is 2.86. The van der Waals surface area contributed by atoms with Crippen LogP contribution in [0.15, 0.2) is 47.5 Å². The summed E-state index contributed by atoms with van der Waals surface area (Å²) in [7, 11) is 3.46. The molecular formula is C21H19FN6O2. The maximum Gasteiger partial charge on any atom is 0.272 e.